The van der Waals surface area contributed by atoms with Gasteiger partial charge in [-0.2, -0.15) is 5.10 Å². The Morgan fingerprint density at radius 2 is 1.63 bits per heavy atom. The largest absolute Gasteiger partial charge is 0.492 e. The zero-order valence-electron chi connectivity index (χ0n) is 19.2. The molecular weight excluding hydrogens is 442 g/mol. The standard InChI is InChI=1S/C28H25N3O4/c1-2-34-26-16-6-5-15-25(26)30-27(32)28(33)31-29-18-20-9-7-13-23(17-20)35-19-22-12-8-11-21-10-3-4-14-24(21)22/h3-18H,2,19H2,1H3,(H,30,32)(H,31,33). The Morgan fingerprint density at radius 1 is 0.857 bits per heavy atom. The minimum atomic E-state index is -0.893. The summed E-state index contributed by atoms with van der Waals surface area (Å²) in [6.07, 6.45) is 1.45. The van der Waals surface area contributed by atoms with E-state index in [4.69, 9.17) is 9.47 Å². The van der Waals surface area contributed by atoms with Gasteiger partial charge in [-0.05, 0) is 53.1 Å². The third-order valence-electron chi connectivity index (χ3n) is 5.15. The molecule has 4 aromatic rings. The van der Waals surface area contributed by atoms with Crippen LogP contribution in [0.2, 0.25) is 0 Å². The lowest BCUT2D eigenvalue weighted by molar-refractivity contribution is -0.136. The minimum absolute atomic E-state index is 0.412. The molecule has 176 valence electrons. The smallest absolute Gasteiger partial charge is 0.329 e. The molecular formula is C28H25N3O4. The van der Waals surface area contributed by atoms with E-state index in [1.54, 1.807) is 30.3 Å². The summed E-state index contributed by atoms with van der Waals surface area (Å²) in [4.78, 5) is 24.3. The molecule has 0 aliphatic carbocycles. The van der Waals surface area contributed by atoms with Gasteiger partial charge in [-0.1, -0.05) is 66.7 Å². The van der Waals surface area contributed by atoms with Crippen LogP contribution < -0.4 is 20.2 Å². The van der Waals surface area contributed by atoms with Crippen LogP contribution in [0.4, 0.5) is 5.69 Å². The van der Waals surface area contributed by atoms with Crippen LogP contribution in [0.15, 0.2) is 96.1 Å². The monoisotopic (exact) mass is 467 g/mol. The van der Waals surface area contributed by atoms with Gasteiger partial charge in [-0.3, -0.25) is 9.59 Å². The molecule has 0 aromatic heterocycles. The molecule has 0 unspecified atom stereocenters. The summed E-state index contributed by atoms with van der Waals surface area (Å²) < 4.78 is 11.4. The Hall–Kier alpha value is -4.65. The number of carbonyl (C=O) groups is 2. The molecule has 0 bridgehead atoms. The highest BCUT2D eigenvalue weighted by molar-refractivity contribution is 6.39. The molecule has 0 heterocycles. The Morgan fingerprint density at radius 3 is 2.51 bits per heavy atom. The highest BCUT2D eigenvalue weighted by Crippen LogP contribution is 2.23. The first kappa shape index (κ1) is 23.5. The van der Waals surface area contributed by atoms with E-state index < -0.39 is 11.8 Å². The molecule has 2 amide bonds. The molecule has 4 rings (SSSR count). The molecule has 0 radical (unpaired) electrons. The average Bonchev–Trinajstić information content (AvgIpc) is 2.89. The van der Waals surface area contributed by atoms with Crippen molar-refractivity contribution in [1.29, 1.82) is 0 Å². The predicted molar refractivity (Wildman–Crippen MR) is 137 cm³/mol. The molecule has 2 N–H and O–H groups in total. The first-order valence-electron chi connectivity index (χ1n) is 11.2. The summed E-state index contributed by atoms with van der Waals surface area (Å²) in [5.74, 6) is -0.587. The number of hydrogen-bond donors (Lipinski definition) is 2. The van der Waals surface area contributed by atoms with Crippen LogP contribution in [0.1, 0.15) is 18.1 Å². The predicted octanol–water partition coefficient (Wildman–Crippen LogP) is 4.91. The number of ether oxygens (including phenoxy) is 2. The average molecular weight is 468 g/mol. The van der Waals surface area contributed by atoms with Gasteiger partial charge in [0.25, 0.3) is 0 Å². The number of anilines is 1. The van der Waals surface area contributed by atoms with E-state index in [1.807, 2.05) is 49.4 Å². The molecule has 35 heavy (non-hydrogen) atoms. The lowest BCUT2D eigenvalue weighted by atomic mass is 10.1. The minimum Gasteiger partial charge on any atom is -0.492 e. The molecule has 0 saturated heterocycles. The van der Waals surface area contributed by atoms with E-state index in [0.717, 1.165) is 16.3 Å². The number of hydrazone groups is 1. The molecule has 0 fully saturated rings. The fourth-order valence-electron chi connectivity index (χ4n) is 3.51. The molecule has 0 aliphatic rings. The van der Waals surface area contributed by atoms with E-state index in [-0.39, 0.29) is 0 Å². The van der Waals surface area contributed by atoms with E-state index in [9.17, 15) is 9.59 Å². The second-order valence-electron chi connectivity index (χ2n) is 7.58. The SMILES string of the molecule is CCOc1ccccc1NC(=O)C(=O)NN=Cc1cccc(OCc2cccc3ccccc23)c1. The summed E-state index contributed by atoms with van der Waals surface area (Å²) in [5, 5.41) is 8.73. The normalized spacial score (nSPS) is 10.8. The summed E-state index contributed by atoms with van der Waals surface area (Å²) in [6.45, 7) is 2.69. The van der Waals surface area contributed by atoms with Gasteiger partial charge >= 0.3 is 11.8 Å². The zero-order chi connectivity index (χ0) is 24.5. The van der Waals surface area contributed by atoms with E-state index in [0.29, 0.717) is 36.0 Å². The summed E-state index contributed by atoms with van der Waals surface area (Å²) in [5.41, 5.74) is 4.45. The maximum Gasteiger partial charge on any atom is 0.329 e. The third kappa shape index (κ3) is 6.23. The van der Waals surface area contributed by atoms with Crippen molar-refractivity contribution in [3.05, 3.63) is 102 Å². The number of nitrogens with one attached hydrogen (secondary N) is 2. The van der Waals surface area contributed by atoms with Gasteiger partial charge in [0, 0.05) is 0 Å². The topological polar surface area (TPSA) is 89.0 Å². The second kappa shape index (κ2) is 11.5. The fraction of sp³-hybridized carbons (Fsp3) is 0.107. The number of carbonyl (C=O) groups excluding carboxylic acids is 2. The van der Waals surface area contributed by atoms with Gasteiger partial charge in [-0.15, -0.1) is 0 Å². The van der Waals surface area contributed by atoms with Gasteiger partial charge in [0.2, 0.25) is 0 Å². The summed E-state index contributed by atoms with van der Waals surface area (Å²) >= 11 is 0. The highest BCUT2D eigenvalue weighted by Gasteiger charge is 2.15. The van der Waals surface area contributed by atoms with Gasteiger partial charge in [0.15, 0.2) is 0 Å². The molecule has 4 aromatic carbocycles. The van der Waals surface area contributed by atoms with Crippen LogP contribution in [0, 0.1) is 0 Å². The molecule has 7 nitrogen and oxygen atoms in total. The maximum absolute atomic E-state index is 12.2. The van der Waals surface area contributed by atoms with Crippen molar-refractivity contribution < 1.29 is 19.1 Å². The molecule has 7 heteroatoms. The number of rotatable bonds is 8. The number of para-hydroxylation sites is 2. The number of fused-ring (bicyclic) bond motifs is 1. The first-order valence-corrected chi connectivity index (χ1v) is 11.2. The molecule has 0 aliphatic heterocycles. The zero-order valence-corrected chi connectivity index (χ0v) is 19.2. The Balaban J connectivity index is 1.33. The number of nitrogens with zero attached hydrogens (tertiary/aromatic N) is 1. The fourth-order valence-corrected chi connectivity index (χ4v) is 3.51. The van der Waals surface area contributed by atoms with Crippen molar-refractivity contribution in [2.24, 2.45) is 5.10 Å². The Bertz CT molecular complexity index is 1360. The van der Waals surface area contributed by atoms with Crippen LogP contribution in [0.5, 0.6) is 11.5 Å². The number of amides is 2. The van der Waals surface area contributed by atoms with Crippen LogP contribution in [0.3, 0.4) is 0 Å². The van der Waals surface area contributed by atoms with Gasteiger partial charge in [0.1, 0.15) is 18.1 Å². The van der Waals surface area contributed by atoms with Crippen LogP contribution in [0.25, 0.3) is 10.8 Å². The lowest BCUT2D eigenvalue weighted by Crippen LogP contribution is -2.32. The van der Waals surface area contributed by atoms with E-state index in [2.05, 4.69) is 34.0 Å². The van der Waals surface area contributed by atoms with Crippen molar-refractivity contribution in [2.45, 2.75) is 13.5 Å². The molecule has 0 atom stereocenters. The molecule has 0 spiro atoms. The maximum atomic E-state index is 12.2. The first-order chi connectivity index (χ1) is 17.1. The van der Waals surface area contributed by atoms with Gasteiger partial charge in [-0.25, -0.2) is 5.43 Å². The Kier molecular flexibility index (Phi) is 7.70. The summed E-state index contributed by atoms with van der Waals surface area (Å²) in [7, 11) is 0. The van der Waals surface area contributed by atoms with Crippen LogP contribution in [-0.2, 0) is 16.2 Å². The highest BCUT2D eigenvalue weighted by atomic mass is 16.5. The van der Waals surface area contributed by atoms with Crippen molar-refractivity contribution in [1.82, 2.24) is 5.43 Å². The number of benzene rings is 4. The van der Waals surface area contributed by atoms with Crippen LogP contribution in [-0.4, -0.2) is 24.6 Å². The van der Waals surface area contributed by atoms with Gasteiger partial charge in [0.05, 0.1) is 18.5 Å². The lowest BCUT2D eigenvalue weighted by Gasteiger charge is -2.10. The third-order valence-corrected chi connectivity index (χ3v) is 5.15. The van der Waals surface area contributed by atoms with E-state index >= 15 is 0 Å². The van der Waals surface area contributed by atoms with Crippen molar-refractivity contribution >= 4 is 34.5 Å². The van der Waals surface area contributed by atoms with Gasteiger partial charge < -0.3 is 14.8 Å². The Labute approximate surface area is 203 Å². The van der Waals surface area contributed by atoms with Crippen molar-refractivity contribution in [2.75, 3.05) is 11.9 Å². The van der Waals surface area contributed by atoms with E-state index in [1.165, 1.54) is 6.21 Å². The van der Waals surface area contributed by atoms with Crippen molar-refractivity contribution in [3.63, 3.8) is 0 Å². The number of hydrogen-bond acceptors (Lipinski definition) is 5. The summed E-state index contributed by atoms with van der Waals surface area (Å²) in [6, 6.07) is 28.5. The van der Waals surface area contributed by atoms with Crippen molar-refractivity contribution in [3.8, 4) is 11.5 Å². The second-order valence-corrected chi connectivity index (χ2v) is 7.58. The molecule has 0 saturated carbocycles. The quantitative estimate of drug-likeness (QED) is 0.219. The van der Waals surface area contributed by atoms with Crippen LogP contribution >= 0.6 is 0 Å².